The third-order valence-electron chi connectivity index (χ3n) is 8.92. The lowest BCUT2D eigenvalue weighted by molar-refractivity contribution is -0.138. The molecule has 1 amide bonds. The van der Waals surface area contributed by atoms with Crippen molar-refractivity contribution in [2.24, 2.45) is 0 Å². The van der Waals surface area contributed by atoms with Crippen molar-refractivity contribution in [1.29, 1.82) is 0 Å². The topological polar surface area (TPSA) is 145 Å². The van der Waals surface area contributed by atoms with E-state index in [9.17, 15) is 14.7 Å². The first-order chi connectivity index (χ1) is 22.0. The number of hydrogen-bond donors (Lipinski definition) is 1. The third kappa shape index (κ3) is 4.92. The van der Waals surface area contributed by atoms with Gasteiger partial charge in [0.1, 0.15) is 23.2 Å². The number of hydrogen-bond acceptors (Lipinski definition) is 10. The van der Waals surface area contributed by atoms with Gasteiger partial charge >= 0.3 is 18.1 Å². The van der Waals surface area contributed by atoms with Crippen LogP contribution in [0.4, 0.5) is 10.6 Å². The predicted octanol–water partition coefficient (Wildman–Crippen LogP) is 4.78. The minimum Gasteiger partial charge on any atom is -0.480 e. The summed E-state index contributed by atoms with van der Waals surface area (Å²) in [5, 5.41) is 11.1. The van der Waals surface area contributed by atoms with Crippen LogP contribution in [0, 0.1) is 0 Å². The Morgan fingerprint density at radius 1 is 0.933 bits per heavy atom. The Balaban J connectivity index is 1.22. The number of carboxylic acid groups (broad SMARTS) is 1. The molecule has 3 aromatic heterocycles. The van der Waals surface area contributed by atoms with Gasteiger partial charge in [-0.05, 0) is 49.9 Å². The van der Waals surface area contributed by atoms with Crippen LogP contribution in [0.2, 0.25) is 0 Å². The van der Waals surface area contributed by atoms with Crippen LogP contribution in [-0.4, -0.2) is 86.6 Å². The molecule has 0 aliphatic carbocycles. The summed E-state index contributed by atoms with van der Waals surface area (Å²) in [5.74, 6) is -0.649. The molecule has 2 saturated heterocycles. The molecule has 0 saturated carbocycles. The highest BCUT2D eigenvalue weighted by molar-refractivity contribution is 6.06. The molecule has 2 fully saturated rings. The summed E-state index contributed by atoms with van der Waals surface area (Å²) in [6.45, 7) is 1.92. The lowest BCUT2D eigenvalue weighted by Gasteiger charge is -2.33. The lowest BCUT2D eigenvalue weighted by atomic mass is 10.0. The summed E-state index contributed by atoms with van der Waals surface area (Å²) in [7, 11) is 0. The zero-order valence-electron chi connectivity index (χ0n) is 24.5. The molecule has 45 heavy (non-hydrogen) atoms. The van der Waals surface area contributed by atoms with Crippen molar-refractivity contribution >= 4 is 51.0 Å². The van der Waals surface area contributed by atoms with Crippen molar-refractivity contribution in [3.63, 3.8) is 0 Å². The Kier molecular flexibility index (Phi) is 6.80. The fourth-order valence-corrected chi connectivity index (χ4v) is 6.70. The molecule has 0 spiro atoms. The van der Waals surface area contributed by atoms with Crippen LogP contribution in [-0.2, 0) is 9.53 Å². The van der Waals surface area contributed by atoms with E-state index in [4.69, 9.17) is 23.6 Å². The number of fused-ring (bicyclic) bond motifs is 12. The highest BCUT2D eigenvalue weighted by atomic mass is 16.6. The molecular formula is C32H32N6O7. The number of aromatic nitrogens is 4. The number of piperidine rings is 1. The third-order valence-corrected chi connectivity index (χ3v) is 8.92. The number of nitrogens with zero attached hydrogens (tertiary/aromatic N) is 6. The van der Waals surface area contributed by atoms with E-state index in [1.54, 1.807) is 9.80 Å². The second-order valence-electron chi connectivity index (χ2n) is 11.7. The molecule has 4 aliphatic heterocycles. The summed E-state index contributed by atoms with van der Waals surface area (Å²) in [5.41, 5.74) is 3.28. The smallest absolute Gasteiger partial charge is 0.409 e. The van der Waals surface area contributed by atoms with Crippen LogP contribution in [0.1, 0.15) is 38.1 Å². The van der Waals surface area contributed by atoms with E-state index in [2.05, 4.69) is 14.5 Å². The molecule has 5 aromatic rings. The monoisotopic (exact) mass is 612 g/mol. The van der Waals surface area contributed by atoms with Gasteiger partial charge in [-0.15, -0.1) is 0 Å². The minimum absolute atomic E-state index is 0.0477. The number of ether oxygens (including phenoxy) is 3. The fourth-order valence-electron chi connectivity index (χ4n) is 6.70. The van der Waals surface area contributed by atoms with E-state index in [0.717, 1.165) is 16.4 Å². The van der Waals surface area contributed by atoms with Gasteiger partial charge in [-0.1, -0.05) is 24.3 Å². The van der Waals surface area contributed by atoms with E-state index in [-0.39, 0.29) is 37.7 Å². The van der Waals surface area contributed by atoms with Crippen molar-refractivity contribution in [2.45, 2.75) is 50.3 Å². The largest absolute Gasteiger partial charge is 0.480 e. The van der Waals surface area contributed by atoms with E-state index in [1.165, 1.54) is 0 Å². The number of para-hydroxylation sites is 3. The van der Waals surface area contributed by atoms with Crippen molar-refractivity contribution in [3.8, 4) is 12.0 Å². The van der Waals surface area contributed by atoms with Gasteiger partial charge < -0.3 is 33.5 Å². The molecule has 2 aromatic carbocycles. The Morgan fingerprint density at radius 2 is 1.71 bits per heavy atom. The van der Waals surface area contributed by atoms with Crippen LogP contribution in [0.5, 0.6) is 12.0 Å². The molecule has 13 heteroatoms. The molecular weight excluding hydrogens is 580 g/mol. The minimum atomic E-state index is -0.990. The maximum atomic E-state index is 12.8. The van der Waals surface area contributed by atoms with Crippen molar-refractivity contribution < 1.29 is 33.3 Å². The maximum Gasteiger partial charge on any atom is 0.409 e. The second-order valence-corrected chi connectivity index (χ2v) is 11.7. The summed E-state index contributed by atoms with van der Waals surface area (Å²) in [6, 6.07) is 15.0. The van der Waals surface area contributed by atoms with E-state index in [1.807, 2.05) is 48.5 Å². The molecule has 0 unspecified atom stereocenters. The van der Waals surface area contributed by atoms with Crippen LogP contribution in [0.15, 0.2) is 52.9 Å². The van der Waals surface area contributed by atoms with Crippen LogP contribution in [0.3, 0.4) is 0 Å². The molecule has 232 valence electrons. The van der Waals surface area contributed by atoms with Crippen molar-refractivity contribution in [1.82, 2.24) is 24.4 Å². The average molecular weight is 613 g/mol. The molecule has 0 radical (unpaired) electrons. The number of anilines is 1. The molecule has 7 heterocycles. The number of carboxylic acids is 1. The summed E-state index contributed by atoms with van der Waals surface area (Å²) in [4.78, 5) is 43.1. The number of imidazole rings is 1. The summed E-state index contributed by atoms with van der Waals surface area (Å²) in [6.07, 6.45) is 2.05. The van der Waals surface area contributed by atoms with Gasteiger partial charge in [0.15, 0.2) is 11.4 Å². The number of carbonyl (C=O) groups is 2. The number of furan rings is 1. The Labute approximate surface area is 257 Å². The van der Waals surface area contributed by atoms with Gasteiger partial charge in [0.2, 0.25) is 0 Å². The van der Waals surface area contributed by atoms with Crippen molar-refractivity contribution in [3.05, 3.63) is 48.5 Å². The molecule has 1 N–H and O–H groups in total. The average Bonchev–Trinajstić information content (AvgIpc) is 3.75. The Hall–Kier alpha value is -5.07. The van der Waals surface area contributed by atoms with Crippen LogP contribution >= 0.6 is 0 Å². The van der Waals surface area contributed by atoms with Gasteiger partial charge in [-0.2, -0.15) is 15.0 Å². The van der Waals surface area contributed by atoms with Gasteiger partial charge in [0, 0.05) is 30.9 Å². The van der Waals surface area contributed by atoms with Crippen LogP contribution < -0.4 is 14.4 Å². The number of amides is 1. The SMILES string of the molecule is O=C(O)[C@@H]1C[C@H]2CN1c1nc(nc3c1oc1ccccc13)OCCCCOC(=O)N1CCC(CC1)n1c(nc3ccccc31)O2. The number of rotatable bonds is 1. The van der Waals surface area contributed by atoms with E-state index >= 15 is 0 Å². The zero-order chi connectivity index (χ0) is 30.5. The standard InChI is InChI=1S/C32H32N6O7/c39-29(40)24-17-20-18-37(24)28-27-26(21-7-1-4-10-25(21)45-27)34-30(35-28)42-15-5-6-16-43-32(41)36-13-11-19(12-14-36)38-23-9-3-2-8-22(23)33-31(38)44-20/h1-4,7-10,19-20,24H,5-6,11-18H2,(H,39,40)/t20-,24-/m0/s1. The summed E-state index contributed by atoms with van der Waals surface area (Å²) < 4.78 is 26.4. The van der Waals surface area contributed by atoms with Gasteiger partial charge in [-0.3, -0.25) is 4.57 Å². The van der Waals surface area contributed by atoms with Gasteiger partial charge in [0.05, 0.1) is 30.8 Å². The van der Waals surface area contributed by atoms with E-state index < -0.39 is 18.1 Å². The highest BCUT2D eigenvalue weighted by Crippen LogP contribution is 2.39. The fraction of sp³-hybridized carbons (Fsp3) is 0.406. The van der Waals surface area contributed by atoms with Gasteiger partial charge in [-0.25, -0.2) is 9.59 Å². The molecule has 2 atom stereocenters. The first-order valence-corrected chi connectivity index (χ1v) is 15.4. The normalized spacial score (nSPS) is 22.7. The summed E-state index contributed by atoms with van der Waals surface area (Å²) >= 11 is 0. The van der Waals surface area contributed by atoms with Crippen molar-refractivity contribution in [2.75, 3.05) is 37.7 Å². The number of aliphatic carboxylic acids is 1. The Bertz CT molecular complexity index is 1910. The lowest BCUT2D eigenvalue weighted by Crippen LogP contribution is -2.39. The molecule has 13 nitrogen and oxygen atoms in total. The quantitative estimate of drug-likeness (QED) is 0.279. The number of benzene rings is 2. The molecule has 6 bridgehead atoms. The van der Waals surface area contributed by atoms with E-state index in [0.29, 0.717) is 73.9 Å². The molecule has 4 aliphatic rings. The van der Waals surface area contributed by atoms with Crippen LogP contribution in [0.25, 0.3) is 33.1 Å². The first-order valence-electron chi connectivity index (χ1n) is 15.4. The second kappa shape index (κ2) is 11.1. The Morgan fingerprint density at radius 3 is 2.56 bits per heavy atom. The first kappa shape index (κ1) is 27.5. The number of carbonyl (C=O) groups excluding carboxylic acids is 1. The molecule has 9 rings (SSSR count). The van der Waals surface area contributed by atoms with Gasteiger partial charge in [0.25, 0.3) is 6.01 Å². The highest BCUT2D eigenvalue weighted by Gasteiger charge is 2.42. The maximum absolute atomic E-state index is 12.8. The zero-order valence-corrected chi connectivity index (χ0v) is 24.5. The predicted molar refractivity (Wildman–Crippen MR) is 163 cm³/mol.